The lowest BCUT2D eigenvalue weighted by molar-refractivity contribution is 0.327. The Balaban J connectivity index is 2.00. The molecule has 0 radical (unpaired) electrons. The third-order valence-corrected chi connectivity index (χ3v) is 3.39. The van der Waals surface area contributed by atoms with Gasteiger partial charge in [0.25, 0.3) is 0 Å². The van der Waals surface area contributed by atoms with Gasteiger partial charge in [0, 0.05) is 31.0 Å². The molecule has 2 heterocycles. The van der Waals surface area contributed by atoms with Crippen LogP contribution >= 0.6 is 0 Å². The summed E-state index contributed by atoms with van der Waals surface area (Å²) in [6, 6.07) is 6.09. The standard InChI is InChI=1S/C15H21N3O/c1-5-19-15-7-6-14(10-17-15)16-9-13-8-11(2)18(4)12(13)3/h6-8,10,16H,5,9H2,1-4H3. The van der Waals surface area contributed by atoms with Gasteiger partial charge < -0.3 is 14.6 Å². The molecule has 2 aromatic heterocycles. The second-order valence-corrected chi connectivity index (χ2v) is 4.63. The van der Waals surface area contributed by atoms with Crippen LogP contribution in [0.25, 0.3) is 0 Å². The minimum atomic E-state index is 0.641. The molecular formula is C15H21N3O. The fraction of sp³-hybridized carbons (Fsp3) is 0.400. The topological polar surface area (TPSA) is 39.1 Å². The summed E-state index contributed by atoms with van der Waals surface area (Å²) in [4.78, 5) is 4.24. The van der Waals surface area contributed by atoms with Crippen molar-refractivity contribution in [3.05, 3.63) is 41.3 Å². The lowest BCUT2D eigenvalue weighted by Gasteiger charge is -2.07. The van der Waals surface area contributed by atoms with Crippen LogP contribution in [0.5, 0.6) is 5.88 Å². The molecule has 2 aromatic rings. The molecule has 4 heteroatoms. The van der Waals surface area contributed by atoms with Crippen molar-refractivity contribution in [2.24, 2.45) is 7.05 Å². The zero-order valence-electron chi connectivity index (χ0n) is 12.0. The zero-order valence-corrected chi connectivity index (χ0v) is 12.0. The Bertz CT molecular complexity index is 543. The van der Waals surface area contributed by atoms with Gasteiger partial charge in [0.2, 0.25) is 5.88 Å². The maximum absolute atomic E-state index is 5.32. The number of nitrogens with one attached hydrogen (secondary N) is 1. The maximum atomic E-state index is 5.32. The minimum absolute atomic E-state index is 0.641. The molecule has 4 nitrogen and oxygen atoms in total. The predicted octanol–water partition coefficient (Wildman–Crippen LogP) is 3.05. The van der Waals surface area contributed by atoms with E-state index in [1.54, 1.807) is 6.20 Å². The molecule has 0 bridgehead atoms. The lowest BCUT2D eigenvalue weighted by Crippen LogP contribution is -2.02. The molecule has 0 aliphatic rings. The van der Waals surface area contributed by atoms with E-state index >= 15 is 0 Å². The highest BCUT2D eigenvalue weighted by Crippen LogP contribution is 2.16. The van der Waals surface area contributed by atoms with Crippen molar-refractivity contribution < 1.29 is 4.74 Å². The molecule has 0 aliphatic heterocycles. The van der Waals surface area contributed by atoms with E-state index in [1.165, 1.54) is 17.0 Å². The first-order chi connectivity index (χ1) is 9.11. The second kappa shape index (κ2) is 5.78. The molecule has 2 rings (SSSR count). The first kappa shape index (κ1) is 13.5. The van der Waals surface area contributed by atoms with E-state index in [9.17, 15) is 0 Å². The van der Waals surface area contributed by atoms with Crippen molar-refractivity contribution in [3.63, 3.8) is 0 Å². The quantitative estimate of drug-likeness (QED) is 0.897. The van der Waals surface area contributed by atoms with Crippen LogP contribution in [-0.2, 0) is 13.6 Å². The van der Waals surface area contributed by atoms with Crippen LogP contribution in [0, 0.1) is 13.8 Å². The molecule has 0 saturated heterocycles. The molecule has 0 unspecified atom stereocenters. The van der Waals surface area contributed by atoms with Crippen LogP contribution in [0.4, 0.5) is 5.69 Å². The Morgan fingerprint density at radius 2 is 2.11 bits per heavy atom. The number of rotatable bonds is 5. The van der Waals surface area contributed by atoms with Gasteiger partial charge in [0.15, 0.2) is 0 Å². The van der Waals surface area contributed by atoms with Crippen LogP contribution < -0.4 is 10.1 Å². The summed E-state index contributed by atoms with van der Waals surface area (Å²) in [6.07, 6.45) is 1.80. The Hall–Kier alpha value is -1.97. The Labute approximate surface area is 114 Å². The van der Waals surface area contributed by atoms with Gasteiger partial charge in [-0.3, -0.25) is 0 Å². The molecule has 0 aliphatic carbocycles. The smallest absolute Gasteiger partial charge is 0.213 e. The number of nitrogens with zero attached hydrogens (tertiary/aromatic N) is 2. The number of anilines is 1. The molecule has 0 atom stereocenters. The SMILES string of the molecule is CCOc1ccc(NCc2cc(C)n(C)c2C)cn1. The average Bonchev–Trinajstić information content (AvgIpc) is 2.66. The van der Waals surface area contributed by atoms with Gasteiger partial charge in [-0.25, -0.2) is 4.98 Å². The van der Waals surface area contributed by atoms with Crippen molar-refractivity contribution in [1.29, 1.82) is 0 Å². The van der Waals surface area contributed by atoms with Gasteiger partial charge in [-0.2, -0.15) is 0 Å². The molecular weight excluding hydrogens is 238 g/mol. The third-order valence-electron chi connectivity index (χ3n) is 3.39. The molecule has 0 amide bonds. The fourth-order valence-corrected chi connectivity index (χ4v) is 2.03. The molecule has 0 spiro atoms. The molecule has 0 saturated carbocycles. The minimum Gasteiger partial charge on any atom is -0.478 e. The summed E-state index contributed by atoms with van der Waals surface area (Å²) in [7, 11) is 2.09. The normalized spacial score (nSPS) is 10.5. The predicted molar refractivity (Wildman–Crippen MR) is 77.6 cm³/mol. The number of aryl methyl sites for hydroxylation is 1. The van der Waals surface area contributed by atoms with E-state index in [0.717, 1.165) is 12.2 Å². The van der Waals surface area contributed by atoms with Crippen molar-refractivity contribution >= 4 is 5.69 Å². The summed E-state index contributed by atoms with van der Waals surface area (Å²) >= 11 is 0. The monoisotopic (exact) mass is 259 g/mol. The highest BCUT2D eigenvalue weighted by molar-refractivity contribution is 5.43. The number of hydrogen-bond acceptors (Lipinski definition) is 3. The van der Waals surface area contributed by atoms with Crippen LogP contribution in [0.2, 0.25) is 0 Å². The first-order valence-electron chi connectivity index (χ1n) is 6.56. The molecule has 1 N–H and O–H groups in total. The van der Waals surface area contributed by atoms with E-state index < -0.39 is 0 Å². The van der Waals surface area contributed by atoms with E-state index in [1.807, 2.05) is 19.1 Å². The van der Waals surface area contributed by atoms with E-state index in [0.29, 0.717) is 12.5 Å². The van der Waals surface area contributed by atoms with Crippen molar-refractivity contribution in [3.8, 4) is 5.88 Å². The van der Waals surface area contributed by atoms with E-state index in [2.05, 4.69) is 41.8 Å². The number of ether oxygens (including phenoxy) is 1. The van der Waals surface area contributed by atoms with Crippen molar-refractivity contribution in [1.82, 2.24) is 9.55 Å². The van der Waals surface area contributed by atoms with Crippen LogP contribution in [0.1, 0.15) is 23.9 Å². The van der Waals surface area contributed by atoms with Crippen LogP contribution in [0.3, 0.4) is 0 Å². The molecule has 0 aromatic carbocycles. The Morgan fingerprint density at radius 3 is 2.63 bits per heavy atom. The zero-order chi connectivity index (χ0) is 13.8. The van der Waals surface area contributed by atoms with E-state index in [4.69, 9.17) is 4.74 Å². The summed E-state index contributed by atoms with van der Waals surface area (Å²) in [5, 5.41) is 3.38. The first-order valence-corrected chi connectivity index (χ1v) is 6.56. The molecule has 102 valence electrons. The Kier molecular flexibility index (Phi) is 4.10. The van der Waals surface area contributed by atoms with Gasteiger partial charge in [-0.15, -0.1) is 0 Å². The fourth-order valence-electron chi connectivity index (χ4n) is 2.03. The summed E-state index contributed by atoms with van der Waals surface area (Å²) in [6.45, 7) is 7.66. The summed E-state index contributed by atoms with van der Waals surface area (Å²) < 4.78 is 7.52. The van der Waals surface area contributed by atoms with E-state index in [-0.39, 0.29) is 0 Å². The highest BCUT2D eigenvalue weighted by Gasteiger charge is 2.05. The van der Waals surface area contributed by atoms with Gasteiger partial charge in [0.1, 0.15) is 0 Å². The van der Waals surface area contributed by atoms with Crippen LogP contribution in [0.15, 0.2) is 24.4 Å². The van der Waals surface area contributed by atoms with Crippen molar-refractivity contribution in [2.45, 2.75) is 27.3 Å². The molecule has 19 heavy (non-hydrogen) atoms. The van der Waals surface area contributed by atoms with Gasteiger partial charge in [0.05, 0.1) is 18.5 Å². The van der Waals surface area contributed by atoms with Crippen molar-refractivity contribution in [2.75, 3.05) is 11.9 Å². The summed E-state index contributed by atoms with van der Waals surface area (Å²) in [5.74, 6) is 0.666. The lowest BCUT2D eigenvalue weighted by atomic mass is 10.2. The van der Waals surface area contributed by atoms with Gasteiger partial charge in [-0.05, 0) is 38.5 Å². The van der Waals surface area contributed by atoms with Gasteiger partial charge >= 0.3 is 0 Å². The third kappa shape index (κ3) is 3.08. The number of aromatic nitrogens is 2. The maximum Gasteiger partial charge on any atom is 0.213 e. The number of pyridine rings is 1. The molecule has 0 fully saturated rings. The highest BCUT2D eigenvalue weighted by atomic mass is 16.5. The summed E-state index contributed by atoms with van der Waals surface area (Å²) in [5.41, 5.74) is 4.89. The Morgan fingerprint density at radius 1 is 1.32 bits per heavy atom. The number of hydrogen-bond donors (Lipinski definition) is 1. The average molecular weight is 259 g/mol. The largest absolute Gasteiger partial charge is 0.478 e. The van der Waals surface area contributed by atoms with Crippen LogP contribution in [-0.4, -0.2) is 16.2 Å². The second-order valence-electron chi connectivity index (χ2n) is 4.63. The van der Waals surface area contributed by atoms with Gasteiger partial charge in [-0.1, -0.05) is 0 Å².